The van der Waals surface area contributed by atoms with Crippen LogP contribution in [0.4, 0.5) is 20.3 Å². The van der Waals surface area contributed by atoms with Crippen molar-refractivity contribution in [1.29, 1.82) is 0 Å². The number of Topliss-reactive ketones (excluding diaryl/α,β-unsaturated/α-hetero) is 1. The lowest BCUT2D eigenvalue weighted by atomic mass is 9.65. The average Bonchev–Trinajstić information content (AvgIpc) is 3.66. The predicted octanol–water partition coefficient (Wildman–Crippen LogP) is 5.75. The summed E-state index contributed by atoms with van der Waals surface area (Å²) < 4.78 is 29.3. The Balaban J connectivity index is 1.29. The number of ketones is 1. The van der Waals surface area contributed by atoms with E-state index >= 15 is 0 Å². The number of carbonyl (C=O) groups is 1. The molecule has 0 bridgehead atoms. The fourth-order valence-electron chi connectivity index (χ4n) is 5.53. The number of halogens is 2. The van der Waals surface area contributed by atoms with Crippen molar-refractivity contribution >= 4 is 46.3 Å². The topological polar surface area (TPSA) is 87.7 Å². The monoisotopic (exact) mass is 578 g/mol. The van der Waals surface area contributed by atoms with Gasteiger partial charge in [-0.15, -0.1) is 11.3 Å². The summed E-state index contributed by atoms with van der Waals surface area (Å²) in [4.78, 5) is 30.6. The average molecular weight is 579 g/mol. The molecule has 2 atom stereocenters. The molecule has 0 radical (unpaired) electrons. The van der Waals surface area contributed by atoms with Gasteiger partial charge in [-0.2, -0.15) is 0 Å². The number of aliphatic imine (C=N–C) groups is 1. The van der Waals surface area contributed by atoms with Crippen LogP contribution >= 0.6 is 23.3 Å². The number of piperidine rings is 1. The molecular weight excluding hydrogens is 550 g/mol. The number of aromatic nitrogens is 2. The summed E-state index contributed by atoms with van der Waals surface area (Å²) in [5.74, 6) is 0.428. The highest BCUT2D eigenvalue weighted by Gasteiger charge is 2.50. The fourth-order valence-corrected chi connectivity index (χ4v) is 7.20. The van der Waals surface area contributed by atoms with Crippen molar-refractivity contribution in [2.75, 3.05) is 31.1 Å². The van der Waals surface area contributed by atoms with Crippen LogP contribution in [0.5, 0.6) is 0 Å². The van der Waals surface area contributed by atoms with E-state index in [1.54, 1.807) is 30.3 Å². The Morgan fingerprint density at radius 1 is 1.20 bits per heavy atom. The highest BCUT2D eigenvalue weighted by Crippen LogP contribution is 2.48. The van der Waals surface area contributed by atoms with Gasteiger partial charge in [0.2, 0.25) is 5.78 Å². The van der Waals surface area contributed by atoms with Crippen LogP contribution in [0, 0.1) is 11.2 Å². The number of benzene rings is 1. The van der Waals surface area contributed by atoms with Crippen LogP contribution in [-0.2, 0) is 0 Å². The summed E-state index contributed by atoms with van der Waals surface area (Å²) in [5, 5.41) is 2.28. The zero-order chi connectivity index (χ0) is 27.7. The molecule has 7 nitrogen and oxygen atoms in total. The molecule has 1 aromatic carbocycles. The molecule has 2 saturated heterocycles. The van der Waals surface area contributed by atoms with E-state index in [4.69, 9.17) is 10.7 Å². The first-order valence-corrected chi connectivity index (χ1v) is 14.8. The maximum Gasteiger partial charge on any atom is 0.203 e. The lowest BCUT2D eigenvalue weighted by Gasteiger charge is -2.45. The van der Waals surface area contributed by atoms with Crippen LogP contribution in [0.15, 0.2) is 87.5 Å². The molecule has 6 rings (SSSR count). The van der Waals surface area contributed by atoms with Crippen molar-refractivity contribution in [3.63, 3.8) is 0 Å². The molecule has 0 saturated carbocycles. The molecule has 0 spiro atoms. The molecule has 2 fully saturated rings. The van der Waals surface area contributed by atoms with E-state index in [-0.39, 0.29) is 11.6 Å². The Morgan fingerprint density at radius 3 is 2.73 bits per heavy atom. The first-order chi connectivity index (χ1) is 19.4. The van der Waals surface area contributed by atoms with Gasteiger partial charge in [0.05, 0.1) is 23.4 Å². The van der Waals surface area contributed by atoms with Gasteiger partial charge in [0.25, 0.3) is 0 Å². The fraction of sp³-hybridized carbons (Fsp3) is 0.310. The second-order valence-electron chi connectivity index (χ2n) is 10.1. The van der Waals surface area contributed by atoms with Crippen molar-refractivity contribution in [2.24, 2.45) is 16.1 Å². The van der Waals surface area contributed by atoms with Crippen LogP contribution in [-0.4, -0.2) is 58.1 Å². The van der Waals surface area contributed by atoms with E-state index in [1.165, 1.54) is 29.7 Å². The molecule has 11 heteroatoms. The van der Waals surface area contributed by atoms with Crippen LogP contribution in [0.1, 0.15) is 29.1 Å². The molecule has 0 amide bonds. The van der Waals surface area contributed by atoms with Crippen LogP contribution in [0.3, 0.4) is 0 Å². The Morgan fingerprint density at radius 2 is 2.05 bits per heavy atom. The van der Waals surface area contributed by atoms with Gasteiger partial charge in [-0.25, -0.2) is 28.0 Å². The van der Waals surface area contributed by atoms with Gasteiger partial charge in [0, 0.05) is 42.3 Å². The SMILES string of the molecule is NC=C1CC2(C(=O)c3nccs3)CN(Sc3ccc(N4CCC(F)C4)nc3)CCC2=CC1=Nc1ccc(F)cc1. The van der Waals surface area contributed by atoms with Crippen molar-refractivity contribution in [3.8, 4) is 0 Å². The predicted molar refractivity (Wildman–Crippen MR) is 155 cm³/mol. The Labute approximate surface area is 239 Å². The van der Waals surface area contributed by atoms with E-state index in [0.717, 1.165) is 28.4 Å². The highest BCUT2D eigenvalue weighted by atomic mass is 32.2. The summed E-state index contributed by atoms with van der Waals surface area (Å²) >= 11 is 2.90. The van der Waals surface area contributed by atoms with E-state index in [0.29, 0.717) is 55.3 Å². The molecule has 3 aromatic rings. The third-order valence-electron chi connectivity index (χ3n) is 7.57. The van der Waals surface area contributed by atoms with Gasteiger partial charge in [0.1, 0.15) is 17.8 Å². The zero-order valence-corrected chi connectivity index (χ0v) is 23.3. The number of fused-ring (bicyclic) bond motifs is 1. The van der Waals surface area contributed by atoms with Gasteiger partial charge in [-0.3, -0.25) is 4.79 Å². The molecule has 2 unspecified atom stereocenters. The Kier molecular flexibility index (Phi) is 7.52. The van der Waals surface area contributed by atoms with Crippen LogP contribution in [0.25, 0.3) is 0 Å². The number of hydrogen-bond donors (Lipinski definition) is 1. The second-order valence-corrected chi connectivity index (χ2v) is 12.2. The number of pyridine rings is 1. The van der Waals surface area contributed by atoms with Crippen LogP contribution < -0.4 is 10.6 Å². The minimum atomic E-state index is -0.838. The first-order valence-electron chi connectivity index (χ1n) is 13.1. The minimum Gasteiger partial charge on any atom is -0.404 e. The number of alkyl halides is 1. The van der Waals surface area contributed by atoms with E-state index in [9.17, 15) is 13.6 Å². The number of nitrogens with two attached hydrogens (primary N) is 1. The maximum atomic E-state index is 14.1. The Bertz CT molecular complexity index is 1470. The lowest BCUT2D eigenvalue weighted by Crippen LogP contribution is -2.49. The van der Waals surface area contributed by atoms with E-state index in [2.05, 4.69) is 14.3 Å². The summed E-state index contributed by atoms with van der Waals surface area (Å²) in [6, 6.07) is 9.92. The molecule has 3 aliphatic rings. The highest BCUT2D eigenvalue weighted by molar-refractivity contribution is 7.97. The van der Waals surface area contributed by atoms with Crippen molar-refractivity contribution in [1.82, 2.24) is 14.3 Å². The van der Waals surface area contributed by atoms with E-state index < -0.39 is 11.6 Å². The summed E-state index contributed by atoms with van der Waals surface area (Å²) in [6.07, 6.45) is 7.74. The molecular formula is C29H28F2N6OS2. The molecule has 2 aromatic heterocycles. The molecule has 2 N–H and O–H groups in total. The number of hydrogen-bond acceptors (Lipinski definition) is 9. The Hall–Kier alpha value is -3.41. The summed E-state index contributed by atoms with van der Waals surface area (Å²) in [7, 11) is 0. The molecule has 206 valence electrons. The number of carbonyl (C=O) groups excluding carboxylic acids is 1. The number of thiazole rings is 1. The van der Waals surface area contributed by atoms with Gasteiger partial charge in [0.15, 0.2) is 5.01 Å². The van der Waals surface area contributed by atoms with Crippen molar-refractivity contribution in [2.45, 2.75) is 30.3 Å². The summed E-state index contributed by atoms with van der Waals surface area (Å²) in [5.41, 5.74) is 8.31. The smallest absolute Gasteiger partial charge is 0.203 e. The van der Waals surface area contributed by atoms with Gasteiger partial charge in [-0.05, 0) is 85.5 Å². The molecule has 1 aliphatic carbocycles. The number of nitrogens with zero attached hydrogens (tertiary/aromatic N) is 5. The van der Waals surface area contributed by atoms with Crippen molar-refractivity contribution < 1.29 is 13.6 Å². The largest absolute Gasteiger partial charge is 0.404 e. The van der Waals surface area contributed by atoms with Crippen LogP contribution in [0.2, 0.25) is 0 Å². The van der Waals surface area contributed by atoms with Gasteiger partial charge >= 0.3 is 0 Å². The summed E-state index contributed by atoms with van der Waals surface area (Å²) in [6.45, 7) is 2.26. The maximum absolute atomic E-state index is 14.1. The standard InChI is InChI=1S/C29H28F2N6OS2/c30-21-1-3-23(4-2-21)35-25-13-20-7-11-37(40-24-5-6-26(34-16-24)36-10-8-22(31)17-36)18-29(20,14-19(25)15-32)27(38)28-33-9-12-39-28/h1-6,9,12-13,15-16,22H,7-8,10-11,14,17-18,32H2. The first kappa shape index (κ1) is 26.8. The minimum absolute atomic E-state index is 0.0254. The molecule has 40 heavy (non-hydrogen) atoms. The lowest BCUT2D eigenvalue weighted by molar-refractivity contribution is 0.0781. The number of allylic oxidation sites excluding steroid dienone is 2. The normalized spacial score (nSPS) is 25.3. The van der Waals surface area contributed by atoms with Crippen molar-refractivity contribution in [3.05, 3.63) is 88.4 Å². The second kappa shape index (κ2) is 11.2. The third kappa shape index (κ3) is 5.33. The molecule has 2 aliphatic heterocycles. The van der Waals surface area contributed by atoms with Gasteiger partial charge in [-0.1, -0.05) is 5.57 Å². The quantitative estimate of drug-likeness (QED) is 0.294. The third-order valence-corrected chi connectivity index (χ3v) is 9.37. The zero-order valence-electron chi connectivity index (χ0n) is 21.7. The van der Waals surface area contributed by atoms with E-state index in [1.807, 2.05) is 34.7 Å². The number of anilines is 1. The van der Waals surface area contributed by atoms with Gasteiger partial charge < -0.3 is 10.6 Å². The number of rotatable bonds is 6. The molecule has 4 heterocycles.